The van der Waals surface area contributed by atoms with E-state index in [4.69, 9.17) is 11.5 Å². The van der Waals surface area contributed by atoms with E-state index in [9.17, 15) is 0 Å². The summed E-state index contributed by atoms with van der Waals surface area (Å²) in [5.41, 5.74) is 13.2. The molecule has 0 aliphatic heterocycles. The van der Waals surface area contributed by atoms with E-state index in [2.05, 4.69) is 4.98 Å². The van der Waals surface area contributed by atoms with Crippen molar-refractivity contribution >= 4 is 5.82 Å². The third-order valence-corrected chi connectivity index (χ3v) is 2.08. The van der Waals surface area contributed by atoms with Gasteiger partial charge in [-0.05, 0) is 44.4 Å². The summed E-state index contributed by atoms with van der Waals surface area (Å²) in [6.45, 7) is 2.72. The molecule has 0 atom stereocenters. The third kappa shape index (κ3) is 3.03. The number of unbranched alkanes of at least 4 members (excludes halogenated alkanes) is 1. The first-order valence-electron chi connectivity index (χ1n) is 4.66. The summed E-state index contributed by atoms with van der Waals surface area (Å²) < 4.78 is 0. The Kier molecular flexibility index (Phi) is 3.71. The lowest BCUT2D eigenvalue weighted by molar-refractivity contribution is 0.733. The van der Waals surface area contributed by atoms with Crippen LogP contribution in [0.15, 0.2) is 12.1 Å². The van der Waals surface area contributed by atoms with Gasteiger partial charge in [-0.2, -0.15) is 0 Å². The van der Waals surface area contributed by atoms with Crippen LogP contribution in [0.2, 0.25) is 0 Å². The number of nitrogens with two attached hydrogens (primary N) is 2. The van der Waals surface area contributed by atoms with Crippen LogP contribution >= 0.6 is 0 Å². The molecule has 3 nitrogen and oxygen atoms in total. The Labute approximate surface area is 79.2 Å². The van der Waals surface area contributed by atoms with Crippen LogP contribution in [0.5, 0.6) is 0 Å². The van der Waals surface area contributed by atoms with Crippen molar-refractivity contribution in [1.29, 1.82) is 0 Å². The second-order valence-corrected chi connectivity index (χ2v) is 3.25. The van der Waals surface area contributed by atoms with Crippen molar-refractivity contribution in [2.24, 2.45) is 5.73 Å². The predicted octanol–water partition coefficient (Wildman–Crippen LogP) is 1.25. The zero-order valence-corrected chi connectivity index (χ0v) is 8.09. The summed E-state index contributed by atoms with van der Waals surface area (Å²) in [6.07, 6.45) is 3.11. The number of pyridine rings is 1. The molecule has 0 amide bonds. The van der Waals surface area contributed by atoms with Crippen LogP contribution in [0.1, 0.15) is 24.1 Å². The van der Waals surface area contributed by atoms with Gasteiger partial charge in [0.05, 0.1) is 0 Å². The summed E-state index contributed by atoms with van der Waals surface area (Å²) in [6, 6.07) is 4.04. The van der Waals surface area contributed by atoms with Crippen LogP contribution in [0, 0.1) is 6.92 Å². The maximum Gasteiger partial charge on any atom is 0.126 e. The summed E-state index contributed by atoms with van der Waals surface area (Å²) in [5.74, 6) is 0.644. The number of hydrogen-bond acceptors (Lipinski definition) is 3. The van der Waals surface area contributed by atoms with Gasteiger partial charge >= 0.3 is 0 Å². The Balaban J connectivity index is 2.53. The van der Waals surface area contributed by atoms with Gasteiger partial charge in [-0.15, -0.1) is 0 Å². The van der Waals surface area contributed by atoms with E-state index in [0.717, 1.165) is 37.1 Å². The van der Waals surface area contributed by atoms with E-state index in [0.29, 0.717) is 5.82 Å². The highest BCUT2D eigenvalue weighted by atomic mass is 14.8. The lowest BCUT2D eigenvalue weighted by Gasteiger charge is -2.03. The quantitative estimate of drug-likeness (QED) is 0.684. The Morgan fingerprint density at radius 1 is 1.31 bits per heavy atom. The minimum absolute atomic E-state index is 0.644. The molecule has 0 spiro atoms. The fraction of sp³-hybridized carbons (Fsp3) is 0.500. The summed E-state index contributed by atoms with van der Waals surface area (Å²) in [4.78, 5) is 4.28. The van der Waals surface area contributed by atoms with Crippen molar-refractivity contribution in [3.8, 4) is 0 Å². The molecule has 0 aliphatic rings. The zero-order chi connectivity index (χ0) is 9.68. The maximum atomic E-state index is 5.69. The first-order chi connectivity index (χ1) is 6.24. The van der Waals surface area contributed by atoms with Crippen molar-refractivity contribution in [3.63, 3.8) is 0 Å². The van der Waals surface area contributed by atoms with Crippen LogP contribution < -0.4 is 11.5 Å². The van der Waals surface area contributed by atoms with Crippen molar-refractivity contribution in [2.45, 2.75) is 26.2 Å². The Hall–Kier alpha value is -1.09. The number of rotatable bonds is 4. The smallest absolute Gasteiger partial charge is 0.126 e. The number of anilines is 1. The molecule has 0 fully saturated rings. The molecule has 13 heavy (non-hydrogen) atoms. The lowest BCUT2D eigenvalue weighted by atomic mass is 10.1. The summed E-state index contributed by atoms with van der Waals surface area (Å²) in [5, 5.41) is 0. The maximum absolute atomic E-state index is 5.69. The molecule has 0 aromatic carbocycles. The van der Waals surface area contributed by atoms with Gasteiger partial charge in [-0.25, -0.2) is 4.98 Å². The van der Waals surface area contributed by atoms with E-state index in [1.54, 1.807) is 0 Å². The summed E-state index contributed by atoms with van der Waals surface area (Å²) >= 11 is 0. The van der Waals surface area contributed by atoms with E-state index in [-0.39, 0.29) is 0 Å². The van der Waals surface area contributed by atoms with Crippen LogP contribution in [0.25, 0.3) is 0 Å². The van der Waals surface area contributed by atoms with Crippen LogP contribution in [0.4, 0.5) is 5.82 Å². The molecule has 1 rings (SSSR count). The fourth-order valence-electron chi connectivity index (χ4n) is 1.18. The molecule has 0 radical (unpaired) electrons. The summed E-state index contributed by atoms with van der Waals surface area (Å²) in [7, 11) is 0. The number of nitrogens with zero attached hydrogens (tertiary/aromatic N) is 1. The highest BCUT2D eigenvalue weighted by Crippen LogP contribution is 2.09. The number of aryl methyl sites for hydroxylation is 2. The highest BCUT2D eigenvalue weighted by molar-refractivity contribution is 5.38. The second kappa shape index (κ2) is 4.82. The van der Waals surface area contributed by atoms with Gasteiger partial charge in [0.15, 0.2) is 0 Å². The molecule has 0 saturated carbocycles. The van der Waals surface area contributed by atoms with Crippen LogP contribution in [-0.4, -0.2) is 11.5 Å². The van der Waals surface area contributed by atoms with Crippen molar-refractivity contribution < 1.29 is 0 Å². The molecule has 72 valence electrons. The molecule has 1 aromatic heterocycles. The van der Waals surface area contributed by atoms with E-state index < -0.39 is 0 Å². The Bertz CT molecular complexity index is 271. The highest BCUT2D eigenvalue weighted by Gasteiger charge is 1.97. The molecule has 4 N–H and O–H groups in total. The number of nitrogen functional groups attached to an aromatic ring is 1. The Morgan fingerprint density at radius 2 is 2.08 bits per heavy atom. The van der Waals surface area contributed by atoms with E-state index in [1.165, 1.54) is 0 Å². The first-order valence-corrected chi connectivity index (χ1v) is 4.66. The molecular formula is C10H17N3. The van der Waals surface area contributed by atoms with Gasteiger partial charge in [0.1, 0.15) is 5.82 Å². The monoisotopic (exact) mass is 179 g/mol. The van der Waals surface area contributed by atoms with Gasteiger partial charge < -0.3 is 11.5 Å². The van der Waals surface area contributed by atoms with Crippen molar-refractivity contribution in [3.05, 3.63) is 23.4 Å². The topological polar surface area (TPSA) is 64.9 Å². The minimum Gasteiger partial charge on any atom is -0.383 e. The largest absolute Gasteiger partial charge is 0.383 e. The standard InChI is InChI=1S/C10H17N3/c1-8-5-6-9(13-10(8)12)4-2-3-7-11/h5-6H,2-4,7,11H2,1H3,(H2,12,13). The molecular weight excluding hydrogens is 162 g/mol. The normalized spacial score (nSPS) is 10.3. The van der Waals surface area contributed by atoms with Gasteiger partial charge in [0.2, 0.25) is 0 Å². The minimum atomic E-state index is 0.644. The average Bonchev–Trinajstić information content (AvgIpc) is 2.12. The van der Waals surface area contributed by atoms with E-state index >= 15 is 0 Å². The second-order valence-electron chi connectivity index (χ2n) is 3.25. The SMILES string of the molecule is Cc1ccc(CCCCN)nc1N. The molecule has 1 heterocycles. The van der Waals surface area contributed by atoms with Crippen molar-refractivity contribution in [1.82, 2.24) is 4.98 Å². The average molecular weight is 179 g/mol. The fourth-order valence-corrected chi connectivity index (χ4v) is 1.18. The molecule has 0 bridgehead atoms. The number of aromatic nitrogens is 1. The van der Waals surface area contributed by atoms with Crippen molar-refractivity contribution in [2.75, 3.05) is 12.3 Å². The zero-order valence-electron chi connectivity index (χ0n) is 8.09. The first kappa shape index (κ1) is 9.99. The molecule has 0 aliphatic carbocycles. The molecule has 0 saturated heterocycles. The van der Waals surface area contributed by atoms with Gasteiger partial charge in [0, 0.05) is 5.69 Å². The van der Waals surface area contributed by atoms with E-state index in [1.807, 2.05) is 19.1 Å². The molecule has 3 heteroatoms. The van der Waals surface area contributed by atoms with Gasteiger partial charge in [-0.1, -0.05) is 6.07 Å². The molecule has 1 aromatic rings. The van der Waals surface area contributed by atoms with Gasteiger partial charge in [0.25, 0.3) is 0 Å². The van der Waals surface area contributed by atoms with Crippen LogP contribution in [-0.2, 0) is 6.42 Å². The predicted molar refractivity (Wildman–Crippen MR) is 55.4 cm³/mol. The molecule has 0 unspecified atom stereocenters. The lowest BCUT2D eigenvalue weighted by Crippen LogP contribution is -2.01. The van der Waals surface area contributed by atoms with Crippen LogP contribution in [0.3, 0.4) is 0 Å². The third-order valence-electron chi connectivity index (χ3n) is 2.08. The van der Waals surface area contributed by atoms with Gasteiger partial charge in [-0.3, -0.25) is 0 Å². The number of hydrogen-bond donors (Lipinski definition) is 2. The Morgan fingerprint density at radius 3 is 2.69 bits per heavy atom.